The Labute approximate surface area is 124 Å². The van der Waals surface area contributed by atoms with Crippen LogP contribution in [0.4, 0.5) is 0 Å². The Morgan fingerprint density at radius 3 is 2.57 bits per heavy atom. The summed E-state index contributed by atoms with van der Waals surface area (Å²) in [5.74, 6) is 0.0748. The summed E-state index contributed by atoms with van der Waals surface area (Å²) < 4.78 is 23.1. The van der Waals surface area contributed by atoms with Crippen molar-refractivity contribution in [2.24, 2.45) is 5.73 Å². The lowest BCUT2D eigenvalue weighted by Crippen LogP contribution is -2.46. The third-order valence-electron chi connectivity index (χ3n) is 3.58. The van der Waals surface area contributed by atoms with Crippen LogP contribution in [-0.2, 0) is 21.1 Å². The zero-order valence-electron chi connectivity index (χ0n) is 11.7. The molecule has 0 radical (unpaired) electrons. The van der Waals surface area contributed by atoms with Crippen molar-refractivity contribution in [3.05, 3.63) is 29.8 Å². The summed E-state index contributed by atoms with van der Waals surface area (Å²) in [6, 6.07) is 5.83. The van der Waals surface area contributed by atoms with Crippen LogP contribution in [0.2, 0.25) is 0 Å². The molecule has 1 atom stereocenters. The maximum Gasteiger partial charge on any atom is 0.239 e. The Hall–Kier alpha value is -1.60. The summed E-state index contributed by atoms with van der Waals surface area (Å²) in [6.07, 6.45) is 0.822. The van der Waals surface area contributed by atoms with Crippen LogP contribution >= 0.6 is 0 Å². The van der Waals surface area contributed by atoms with E-state index in [1.165, 1.54) is 4.90 Å². The van der Waals surface area contributed by atoms with Gasteiger partial charge >= 0.3 is 0 Å². The summed E-state index contributed by atoms with van der Waals surface area (Å²) >= 11 is 0. The zero-order chi connectivity index (χ0) is 15.5. The summed E-state index contributed by atoms with van der Waals surface area (Å²) in [5.41, 5.74) is 6.79. The fraction of sp³-hybridized carbons (Fsp3) is 0.500. The van der Waals surface area contributed by atoms with Crippen molar-refractivity contribution in [1.29, 1.82) is 0 Å². The van der Waals surface area contributed by atoms with Gasteiger partial charge in [0.1, 0.15) is 5.75 Å². The number of nitrogens with two attached hydrogens (primary N) is 1. The van der Waals surface area contributed by atoms with Crippen LogP contribution in [0.25, 0.3) is 0 Å². The molecule has 1 amide bonds. The number of rotatable bonds is 3. The topological polar surface area (TPSA) is 101 Å². The molecule has 1 saturated heterocycles. The molecular weight excluding hydrogens is 292 g/mol. The zero-order valence-corrected chi connectivity index (χ0v) is 12.6. The number of benzene rings is 1. The van der Waals surface area contributed by atoms with Crippen LogP contribution in [0.5, 0.6) is 5.75 Å². The summed E-state index contributed by atoms with van der Waals surface area (Å²) in [4.78, 5) is 13.8. The molecule has 6 nitrogen and oxygen atoms in total. The number of phenolic OH excluding ortho intramolecular Hbond substituents is 1. The summed E-state index contributed by atoms with van der Waals surface area (Å²) in [7, 11) is -3.04. The van der Waals surface area contributed by atoms with Crippen LogP contribution < -0.4 is 5.73 Å². The standard InChI is InChI=1S/C14H20N2O4S/c15-13(10-11-2-4-12(17)5-3-11)14(18)16-6-1-8-21(19,20)9-7-16/h2-5,13,17H,1,6-10,15H2/t13-/m0/s1. The fourth-order valence-corrected chi connectivity index (χ4v) is 3.64. The normalized spacial score (nSPS) is 19.8. The molecular formula is C14H20N2O4S. The van der Waals surface area contributed by atoms with Gasteiger partial charge in [-0.05, 0) is 30.5 Å². The third kappa shape index (κ3) is 4.44. The SMILES string of the molecule is N[C@@H](Cc1ccc(O)cc1)C(=O)N1CCCS(=O)(=O)CC1. The van der Waals surface area contributed by atoms with E-state index in [4.69, 9.17) is 5.73 Å². The maximum absolute atomic E-state index is 12.3. The maximum atomic E-state index is 12.3. The number of amides is 1. The van der Waals surface area contributed by atoms with Gasteiger partial charge in [-0.25, -0.2) is 8.42 Å². The predicted octanol–water partition coefficient (Wildman–Crippen LogP) is -0.0909. The van der Waals surface area contributed by atoms with E-state index in [0.29, 0.717) is 19.4 Å². The molecule has 0 bridgehead atoms. The first kappa shape index (κ1) is 15.8. The van der Waals surface area contributed by atoms with Gasteiger partial charge in [-0.15, -0.1) is 0 Å². The van der Waals surface area contributed by atoms with Gasteiger partial charge in [0.05, 0.1) is 17.5 Å². The number of aromatic hydroxyl groups is 1. The highest BCUT2D eigenvalue weighted by atomic mass is 32.2. The minimum absolute atomic E-state index is 0.00463. The van der Waals surface area contributed by atoms with E-state index >= 15 is 0 Å². The molecule has 0 spiro atoms. The average molecular weight is 312 g/mol. The third-order valence-corrected chi connectivity index (χ3v) is 5.29. The van der Waals surface area contributed by atoms with Gasteiger partial charge < -0.3 is 15.7 Å². The van der Waals surface area contributed by atoms with Gasteiger partial charge in [0.25, 0.3) is 0 Å². The second-order valence-corrected chi connectivity index (χ2v) is 7.61. The van der Waals surface area contributed by atoms with Crippen LogP contribution in [0.3, 0.4) is 0 Å². The smallest absolute Gasteiger partial charge is 0.239 e. The molecule has 21 heavy (non-hydrogen) atoms. The highest BCUT2D eigenvalue weighted by Crippen LogP contribution is 2.12. The Bertz CT molecular complexity index is 598. The van der Waals surface area contributed by atoms with Crippen LogP contribution in [0.1, 0.15) is 12.0 Å². The van der Waals surface area contributed by atoms with Gasteiger partial charge in [-0.2, -0.15) is 0 Å². The van der Waals surface area contributed by atoms with Crippen LogP contribution in [0, 0.1) is 0 Å². The molecule has 1 aliphatic rings. The average Bonchev–Trinajstić information content (AvgIpc) is 2.61. The Balaban J connectivity index is 1.97. The van der Waals surface area contributed by atoms with Crippen molar-refractivity contribution in [3.63, 3.8) is 0 Å². The first-order valence-corrected chi connectivity index (χ1v) is 8.72. The van der Waals surface area contributed by atoms with E-state index in [9.17, 15) is 18.3 Å². The lowest BCUT2D eigenvalue weighted by atomic mass is 10.1. The van der Waals surface area contributed by atoms with Gasteiger partial charge in [0, 0.05) is 13.1 Å². The monoisotopic (exact) mass is 312 g/mol. The summed E-state index contributed by atoms with van der Waals surface area (Å²) in [5, 5.41) is 9.22. The molecule has 2 rings (SSSR count). The number of phenols is 1. The summed E-state index contributed by atoms with van der Waals surface area (Å²) in [6.45, 7) is 0.645. The highest BCUT2D eigenvalue weighted by molar-refractivity contribution is 7.91. The van der Waals surface area contributed by atoms with Gasteiger partial charge in [0.15, 0.2) is 9.84 Å². The van der Waals surface area contributed by atoms with Crippen molar-refractivity contribution in [3.8, 4) is 5.75 Å². The van der Waals surface area contributed by atoms with Crippen molar-refractivity contribution in [2.45, 2.75) is 18.9 Å². The quantitative estimate of drug-likeness (QED) is 0.812. The van der Waals surface area contributed by atoms with Crippen LogP contribution in [0.15, 0.2) is 24.3 Å². The van der Waals surface area contributed by atoms with E-state index in [0.717, 1.165) is 5.56 Å². The molecule has 0 unspecified atom stereocenters. The van der Waals surface area contributed by atoms with E-state index in [-0.39, 0.29) is 29.7 Å². The largest absolute Gasteiger partial charge is 0.508 e. The van der Waals surface area contributed by atoms with Crippen LogP contribution in [-0.4, -0.2) is 55.0 Å². The fourth-order valence-electron chi connectivity index (χ4n) is 2.37. The van der Waals surface area contributed by atoms with Gasteiger partial charge in [-0.1, -0.05) is 12.1 Å². The van der Waals surface area contributed by atoms with E-state index in [2.05, 4.69) is 0 Å². The number of carbonyl (C=O) groups is 1. The van der Waals surface area contributed by atoms with Gasteiger partial charge in [-0.3, -0.25) is 4.79 Å². The first-order chi connectivity index (χ1) is 9.87. The highest BCUT2D eigenvalue weighted by Gasteiger charge is 2.26. The number of sulfone groups is 1. The number of hydrogen-bond acceptors (Lipinski definition) is 5. The molecule has 116 valence electrons. The molecule has 7 heteroatoms. The molecule has 3 N–H and O–H groups in total. The number of hydrogen-bond donors (Lipinski definition) is 2. The minimum atomic E-state index is -3.04. The molecule has 0 saturated carbocycles. The van der Waals surface area contributed by atoms with Crippen molar-refractivity contribution < 1.29 is 18.3 Å². The lowest BCUT2D eigenvalue weighted by Gasteiger charge is -2.23. The molecule has 1 aromatic carbocycles. The second kappa shape index (κ2) is 6.44. The van der Waals surface area contributed by atoms with Crippen molar-refractivity contribution in [1.82, 2.24) is 4.90 Å². The van der Waals surface area contributed by atoms with E-state index in [1.807, 2.05) is 0 Å². The first-order valence-electron chi connectivity index (χ1n) is 6.90. The Kier molecular flexibility index (Phi) is 4.84. The van der Waals surface area contributed by atoms with Gasteiger partial charge in [0.2, 0.25) is 5.91 Å². The van der Waals surface area contributed by atoms with Crippen molar-refractivity contribution >= 4 is 15.7 Å². The molecule has 0 aromatic heterocycles. The molecule has 1 aliphatic heterocycles. The molecule has 0 aliphatic carbocycles. The van der Waals surface area contributed by atoms with E-state index in [1.54, 1.807) is 24.3 Å². The van der Waals surface area contributed by atoms with E-state index < -0.39 is 15.9 Å². The van der Waals surface area contributed by atoms with Crippen molar-refractivity contribution in [2.75, 3.05) is 24.6 Å². The number of carbonyl (C=O) groups excluding carboxylic acids is 1. The molecule has 1 fully saturated rings. The number of nitrogens with zero attached hydrogens (tertiary/aromatic N) is 1. The Morgan fingerprint density at radius 1 is 1.24 bits per heavy atom. The second-order valence-electron chi connectivity index (χ2n) is 5.31. The lowest BCUT2D eigenvalue weighted by molar-refractivity contribution is -0.132. The Morgan fingerprint density at radius 2 is 1.90 bits per heavy atom. The molecule has 1 heterocycles. The predicted molar refractivity (Wildman–Crippen MR) is 79.6 cm³/mol. The minimum Gasteiger partial charge on any atom is -0.508 e. The molecule has 1 aromatic rings.